The van der Waals surface area contributed by atoms with Crippen LogP contribution in [0.4, 0.5) is 31.1 Å². The van der Waals surface area contributed by atoms with Gasteiger partial charge in [0.1, 0.15) is 5.75 Å². The standard InChI is InChI=1S/C35H49F6NO5S2/c1-33-15-13-27-26-10-8-25(47-32(44)42(16-4-2-3-5-17-43)24-14-20-48-49-22-24)21-23(26)7-9-28(27)29(33)11-12-30(33)45-18-6-19-46-31(34(36,37)38)35(39,40)41/h8,10,21,24,27-31,43H,2-7,9,11-20,22H2,1H3. The fourth-order valence-electron chi connectivity index (χ4n) is 8.74. The minimum atomic E-state index is -5.51. The van der Waals surface area contributed by atoms with E-state index in [4.69, 9.17) is 14.6 Å². The van der Waals surface area contributed by atoms with Crippen LogP contribution < -0.4 is 4.74 Å². The molecule has 1 aliphatic heterocycles. The van der Waals surface area contributed by atoms with Gasteiger partial charge >= 0.3 is 18.4 Å². The molecular formula is C35H49F6NO5S2. The number of ether oxygens (including phenoxy) is 3. The largest absolute Gasteiger partial charge is 0.423 e. The maximum absolute atomic E-state index is 13.5. The van der Waals surface area contributed by atoms with Crippen molar-refractivity contribution in [1.82, 2.24) is 4.90 Å². The van der Waals surface area contributed by atoms with Crippen molar-refractivity contribution in [2.75, 3.05) is 37.9 Å². The Labute approximate surface area is 293 Å². The molecule has 1 aromatic carbocycles. The Balaban J connectivity index is 1.15. The molecule has 0 spiro atoms. The first kappa shape index (κ1) is 38.9. The van der Waals surface area contributed by atoms with Gasteiger partial charge in [-0.15, -0.1) is 0 Å². The van der Waals surface area contributed by atoms with E-state index in [0.29, 0.717) is 30.0 Å². The minimum absolute atomic E-state index is 0.0483. The number of aryl methyl sites for hydroxylation is 1. The van der Waals surface area contributed by atoms with Gasteiger partial charge in [0.25, 0.3) is 0 Å². The second-order valence-corrected chi connectivity index (χ2v) is 16.8. The van der Waals surface area contributed by atoms with Gasteiger partial charge in [-0.05, 0) is 111 Å². The van der Waals surface area contributed by atoms with Crippen LogP contribution in [0.3, 0.4) is 0 Å². The highest BCUT2D eigenvalue weighted by Gasteiger charge is 2.58. The van der Waals surface area contributed by atoms with Crippen molar-refractivity contribution in [3.63, 3.8) is 0 Å². The predicted octanol–water partition coefficient (Wildman–Crippen LogP) is 9.34. The number of rotatable bonds is 14. The smallest absolute Gasteiger partial charge is 0.410 e. The van der Waals surface area contributed by atoms with E-state index in [1.165, 1.54) is 11.1 Å². The van der Waals surface area contributed by atoms with E-state index in [0.717, 1.165) is 82.1 Å². The van der Waals surface area contributed by atoms with Crippen LogP contribution >= 0.6 is 21.6 Å². The molecule has 1 saturated heterocycles. The molecule has 278 valence electrons. The van der Waals surface area contributed by atoms with E-state index in [-0.39, 0.29) is 43.3 Å². The fourth-order valence-corrected chi connectivity index (χ4v) is 11.2. The topological polar surface area (TPSA) is 68.2 Å². The van der Waals surface area contributed by atoms with Gasteiger partial charge in [-0.2, -0.15) is 26.3 Å². The fraction of sp³-hybridized carbons (Fsp3) is 0.800. The number of nitrogens with zero attached hydrogens (tertiary/aromatic N) is 1. The third kappa shape index (κ3) is 9.56. The van der Waals surface area contributed by atoms with Gasteiger partial charge < -0.3 is 24.2 Å². The second-order valence-electron chi connectivity index (χ2n) is 14.2. The molecule has 6 unspecified atom stereocenters. The molecule has 4 aliphatic rings. The zero-order valence-corrected chi connectivity index (χ0v) is 29.7. The highest BCUT2D eigenvalue weighted by atomic mass is 33.1. The monoisotopic (exact) mass is 741 g/mol. The lowest BCUT2D eigenvalue weighted by molar-refractivity contribution is -0.322. The van der Waals surface area contributed by atoms with Crippen molar-refractivity contribution in [2.45, 2.75) is 120 Å². The molecule has 2 saturated carbocycles. The Morgan fingerprint density at radius 1 is 0.980 bits per heavy atom. The Bertz CT molecular complexity index is 1220. The van der Waals surface area contributed by atoms with Crippen LogP contribution in [0, 0.1) is 17.3 Å². The summed E-state index contributed by atoms with van der Waals surface area (Å²) in [5.74, 6) is 3.71. The molecule has 5 rings (SSSR count). The van der Waals surface area contributed by atoms with E-state index in [1.54, 1.807) is 10.8 Å². The average molecular weight is 742 g/mol. The van der Waals surface area contributed by atoms with Crippen LogP contribution in [0.15, 0.2) is 18.2 Å². The predicted molar refractivity (Wildman–Crippen MR) is 179 cm³/mol. The molecule has 1 amide bonds. The van der Waals surface area contributed by atoms with E-state index in [9.17, 15) is 31.1 Å². The van der Waals surface area contributed by atoms with Crippen LogP contribution in [0.1, 0.15) is 94.6 Å². The molecule has 3 fully saturated rings. The maximum Gasteiger partial charge on any atom is 0.423 e. The van der Waals surface area contributed by atoms with Gasteiger partial charge in [-0.1, -0.05) is 47.4 Å². The molecule has 49 heavy (non-hydrogen) atoms. The van der Waals surface area contributed by atoms with Crippen molar-refractivity contribution >= 4 is 27.7 Å². The summed E-state index contributed by atoms with van der Waals surface area (Å²) in [5, 5.41) is 9.08. The van der Waals surface area contributed by atoms with Gasteiger partial charge in [0.15, 0.2) is 0 Å². The van der Waals surface area contributed by atoms with Crippen LogP contribution in [0.2, 0.25) is 0 Å². The third-order valence-corrected chi connectivity index (χ3v) is 13.7. The summed E-state index contributed by atoms with van der Waals surface area (Å²) >= 11 is 0. The summed E-state index contributed by atoms with van der Waals surface area (Å²) in [6.45, 7) is 2.42. The molecule has 6 nitrogen and oxygen atoms in total. The first-order valence-corrected chi connectivity index (χ1v) is 20.1. The Morgan fingerprint density at radius 3 is 2.47 bits per heavy atom. The number of carbonyl (C=O) groups is 1. The normalized spacial score (nSPS) is 28.6. The van der Waals surface area contributed by atoms with Crippen LogP contribution in [-0.2, 0) is 15.9 Å². The molecule has 0 bridgehead atoms. The number of unbranched alkanes of at least 4 members (excludes halogenated alkanes) is 3. The summed E-state index contributed by atoms with van der Waals surface area (Å²) in [6.07, 6.45) is -5.20. The lowest BCUT2D eigenvalue weighted by atomic mass is 9.55. The first-order chi connectivity index (χ1) is 23.3. The van der Waals surface area contributed by atoms with E-state index in [1.807, 2.05) is 27.8 Å². The zero-order valence-electron chi connectivity index (χ0n) is 28.0. The van der Waals surface area contributed by atoms with Crippen molar-refractivity contribution in [1.29, 1.82) is 0 Å². The van der Waals surface area contributed by atoms with E-state index < -0.39 is 25.1 Å². The summed E-state index contributed by atoms with van der Waals surface area (Å²) in [5.41, 5.74) is 2.43. The van der Waals surface area contributed by atoms with Gasteiger partial charge in [0.2, 0.25) is 6.10 Å². The number of halogens is 6. The van der Waals surface area contributed by atoms with Crippen LogP contribution in [-0.4, -0.2) is 84.6 Å². The molecule has 6 atom stereocenters. The summed E-state index contributed by atoms with van der Waals surface area (Å²) < 4.78 is 92.9. The summed E-state index contributed by atoms with van der Waals surface area (Å²) in [6, 6.07) is 6.23. The number of benzene rings is 1. The number of fused-ring (bicyclic) bond motifs is 5. The molecular weight excluding hydrogens is 693 g/mol. The number of amides is 1. The van der Waals surface area contributed by atoms with Crippen LogP contribution in [0.25, 0.3) is 0 Å². The molecule has 3 aliphatic carbocycles. The Kier molecular flexibility index (Phi) is 13.5. The molecule has 0 aromatic heterocycles. The third-order valence-electron chi connectivity index (χ3n) is 11.2. The minimum Gasteiger partial charge on any atom is -0.410 e. The first-order valence-electron chi connectivity index (χ1n) is 17.7. The molecule has 1 aromatic rings. The van der Waals surface area contributed by atoms with Gasteiger partial charge in [0.05, 0.1) is 6.10 Å². The number of hydrogen-bond donors (Lipinski definition) is 1. The van der Waals surface area contributed by atoms with Gasteiger partial charge in [0, 0.05) is 43.9 Å². The Morgan fingerprint density at radius 2 is 1.76 bits per heavy atom. The van der Waals surface area contributed by atoms with Crippen molar-refractivity contribution in [3.8, 4) is 5.75 Å². The summed E-state index contributed by atoms with van der Waals surface area (Å²) in [4.78, 5) is 15.4. The second kappa shape index (κ2) is 17.0. The number of aliphatic hydroxyl groups is 1. The molecule has 0 radical (unpaired) electrons. The average Bonchev–Trinajstić information content (AvgIpc) is 3.39. The van der Waals surface area contributed by atoms with E-state index in [2.05, 4.69) is 17.7 Å². The Hall–Kier alpha value is -1.35. The number of aliphatic hydroxyl groups excluding tert-OH is 1. The molecule has 1 N–H and O–H groups in total. The lowest BCUT2D eigenvalue weighted by Crippen LogP contribution is -2.45. The maximum atomic E-state index is 13.5. The number of alkyl halides is 6. The highest BCUT2D eigenvalue weighted by molar-refractivity contribution is 8.76. The van der Waals surface area contributed by atoms with Crippen molar-refractivity contribution in [2.24, 2.45) is 17.3 Å². The molecule has 14 heteroatoms. The van der Waals surface area contributed by atoms with Gasteiger partial charge in [-0.3, -0.25) is 0 Å². The highest BCUT2D eigenvalue weighted by Crippen LogP contribution is 2.61. The number of carbonyl (C=O) groups excluding carboxylic acids is 1. The lowest BCUT2D eigenvalue weighted by Gasteiger charge is -2.50. The number of hydrogen-bond acceptors (Lipinski definition) is 7. The molecule has 1 heterocycles. The van der Waals surface area contributed by atoms with E-state index >= 15 is 0 Å². The van der Waals surface area contributed by atoms with Crippen LogP contribution in [0.5, 0.6) is 5.75 Å². The van der Waals surface area contributed by atoms with Crippen molar-refractivity contribution < 1.29 is 50.5 Å². The SMILES string of the molecule is CC12CCC3c4ccc(OC(=O)N(CCCCCCO)C5CCSSC5)cc4CCC3C1CCC2OCCCOC(C(F)(F)F)C(F)(F)F. The zero-order chi connectivity index (χ0) is 35.2. The summed E-state index contributed by atoms with van der Waals surface area (Å²) in [7, 11) is 3.64. The van der Waals surface area contributed by atoms with Crippen molar-refractivity contribution in [3.05, 3.63) is 29.3 Å². The quantitative estimate of drug-likeness (QED) is 0.116. The van der Waals surface area contributed by atoms with Gasteiger partial charge in [-0.25, -0.2) is 4.79 Å².